The zero-order valence-corrected chi connectivity index (χ0v) is 15.1. The van der Waals surface area contributed by atoms with E-state index in [-0.39, 0.29) is 29.0 Å². The molecular weight excluding hydrogens is 344 g/mol. The minimum Gasteiger partial charge on any atom is -0.348 e. The van der Waals surface area contributed by atoms with Gasteiger partial charge in [-0.15, -0.1) is 11.3 Å². The molecule has 0 spiro atoms. The van der Waals surface area contributed by atoms with Crippen LogP contribution < -0.4 is 5.32 Å². The zero-order chi connectivity index (χ0) is 17.2. The summed E-state index contributed by atoms with van der Waals surface area (Å²) < 4.78 is 24.5. The molecule has 5 nitrogen and oxygen atoms in total. The number of rotatable bonds is 5. The standard InChI is InChI=1S/C17H20N2O3S2/c1-12-18-17-14(8-5-9-15(17)23-12)19-16(20)10-11-24(21,22)13-6-3-2-4-7-13/h2-4,6-7,14H,5,8-11H2,1H3,(H,19,20)/t14-/m1/s1. The number of fused-ring (bicyclic) bond motifs is 1. The first-order valence-electron chi connectivity index (χ1n) is 7.99. The third-order valence-electron chi connectivity index (χ3n) is 4.10. The van der Waals surface area contributed by atoms with Gasteiger partial charge in [0.1, 0.15) is 0 Å². The van der Waals surface area contributed by atoms with Crippen LogP contribution in [0.3, 0.4) is 0 Å². The summed E-state index contributed by atoms with van der Waals surface area (Å²) in [5.41, 5.74) is 0.961. The normalized spacial score (nSPS) is 17.3. The van der Waals surface area contributed by atoms with Gasteiger partial charge in [0, 0.05) is 11.3 Å². The van der Waals surface area contributed by atoms with E-state index in [0.717, 1.165) is 30.0 Å². The van der Waals surface area contributed by atoms with E-state index in [1.54, 1.807) is 41.7 Å². The number of benzene rings is 1. The number of carbonyl (C=O) groups excluding carboxylic acids is 1. The summed E-state index contributed by atoms with van der Waals surface area (Å²) >= 11 is 1.68. The lowest BCUT2D eigenvalue weighted by atomic mass is 9.97. The van der Waals surface area contributed by atoms with Gasteiger partial charge in [-0.2, -0.15) is 0 Å². The van der Waals surface area contributed by atoms with Gasteiger partial charge in [-0.3, -0.25) is 4.79 Å². The molecule has 0 saturated heterocycles. The summed E-state index contributed by atoms with van der Waals surface area (Å²) in [6.45, 7) is 1.97. The second-order valence-corrected chi connectivity index (χ2v) is 9.33. The molecule has 0 saturated carbocycles. The molecule has 0 bridgehead atoms. The summed E-state index contributed by atoms with van der Waals surface area (Å²) in [5.74, 6) is -0.420. The first-order chi connectivity index (χ1) is 11.5. The number of nitrogens with zero attached hydrogens (tertiary/aromatic N) is 1. The first-order valence-corrected chi connectivity index (χ1v) is 10.5. The average Bonchev–Trinajstić information content (AvgIpc) is 2.95. The molecule has 0 fully saturated rings. The van der Waals surface area contributed by atoms with Gasteiger partial charge in [-0.25, -0.2) is 13.4 Å². The average molecular weight is 364 g/mol. The van der Waals surface area contributed by atoms with Crippen LogP contribution in [-0.4, -0.2) is 25.1 Å². The summed E-state index contributed by atoms with van der Waals surface area (Å²) in [6, 6.07) is 8.15. The van der Waals surface area contributed by atoms with Gasteiger partial charge in [-0.1, -0.05) is 18.2 Å². The van der Waals surface area contributed by atoms with Crippen molar-refractivity contribution < 1.29 is 13.2 Å². The highest BCUT2D eigenvalue weighted by Gasteiger charge is 2.26. The van der Waals surface area contributed by atoms with Crippen molar-refractivity contribution in [2.24, 2.45) is 0 Å². The minimum absolute atomic E-state index is 0.0355. The van der Waals surface area contributed by atoms with Crippen molar-refractivity contribution in [1.82, 2.24) is 10.3 Å². The molecule has 1 aromatic heterocycles. The molecular formula is C17H20N2O3S2. The van der Waals surface area contributed by atoms with Gasteiger partial charge in [0.15, 0.2) is 9.84 Å². The maximum Gasteiger partial charge on any atom is 0.221 e. The van der Waals surface area contributed by atoms with Crippen molar-refractivity contribution in [3.8, 4) is 0 Å². The lowest BCUT2D eigenvalue weighted by Gasteiger charge is -2.22. The smallest absolute Gasteiger partial charge is 0.221 e. The molecule has 128 valence electrons. The SMILES string of the molecule is Cc1nc2c(s1)CCC[C@H]2NC(=O)CCS(=O)(=O)c1ccccc1. The molecule has 2 aromatic rings. The largest absolute Gasteiger partial charge is 0.348 e. The van der Waals surface area contributed by atoms with Gasteiger partial charge in [-0.05, 0) is 38.3 Å². The molecule has 0 aliphatic heterocycles. The van der Waals surface area contributed by atoms with Crippen LogP contribution in [0.25, 0.3) is 0 Å². The fourth-order valence-corrected chi connectivity index (χ4v) is 5.22. The van der Waals surface area contributed by atoms with E-state index in [1.807, 2.05) is 6.92 Å². The number of sulfone groups is 1. The predicted molar refractivity (Wildman–Crippen MR) is 93.8 cm³/mol. The highest BCUT2D eigenvalue weighted by Crippen LogP contribution is 2.33. The van der Waals surface area contributed by atoms with Crippen molar-refractivity contribution in [3.63, 3.8) is 0 Å². The Morgan fingerprint density at radius 1 is 1.33 bits per heavy atom. The maximum absolute atomic E-state index is 12.2. The van der Waals surface area contributed by atoms with E-state index >= 15 is 0 Å². The molecule has 1 aliphatic carbocycles. The Labute approximate surface area is 146 Å². The molecule has 1 N–H and O–H groups in total. The van der Waals surface area contributed by atoms with Crippen molar-refractivity contribution in [1.29, 1.82) is 0 Å². The van der Waals surface area contributed by atoms with Crippen molar-refractivity contribution in [2.75, 3.05) is 5.75 Å². The Bertz CT molecular complexity index is 829. The van der Waals surface area contributed by atoms with E-state index in [9.17, 15) is 13.2 Å². The molecule has 0 radical (unpaired) electrons. The third-order valence-corrected chi connectivity index (χ3v) is 6.87. The maximum atomic E-state index is 12.2. The number of hydrogen-bond donors (Lipinski definition) is 1. The number of aromatic nitrogens is 1. The molecule has 0 unspecified atom stereocenters. The fourth-order valence-electron chi connectivity index (χ4n) is 2.92. The lowest BCUT2D eigenvalue weighted by Crippen LogP contribution is -2.32. The van der Waals surface area contributed by atoms with E-state index in [2.05, 4.69) is 10.3 Å². The number of amides is 1. The Hall–Kier alpha value is -1.73. The second-order valence-electron chi connectivity index (χ2n) is 5.94. The molecule has 3 rings (SSSR count). The molecule has 7 heteroatoms. The van der Waals surface area contributed by atoms with Crippen LogP contribution in [-0.2, 0) is 21.1 Å². The van der Waals surface area contributed by atoms with Crippen LogP contribution in [0, 0.1) is 6.92 Å². The summed E-state index contributed by atoms with van der Waals surface area (Å²) in [5, 5.41) is 3.96. The fraction of sp³-hybridized carbons (Fsp3) is 0.412. The van der Waals surface area contributed by atoms with Crippen LogP contribution in [0.5, 0.6) is 0 Å². The number of aryl methyl sites for hydroxylation is 2. The number of thiazole rings is 1. The van der Waals surface area contributed by atoms with Crippen LogP contribution >= 0.6 is 11.3 Å². The van der Waals surface area contributed by atoms with E-state index in [0.29, 0.717) is 0 Å². The van der Waals surface area contributed by atoms with Crippen LogP contribution in [0.4, 0.5) is 0 Å². The zero-order valence-electron chi connectivity index (χ0n) is 13.5. The van der Waals surface area contributed by atoms with Gasteiger partial charge in [0.2, 0.25) is 5.91 Å². The topological polar surface area (TPSA) is 76.1 Å². The summed E-state index contributed by atoms with van der Waals surface area (Å²) in [4.78, 5) is 18.2. The molecule has 1 aromatic carbocycles. The van der Waals surface area contributed by atoms with E-state index < -0.39 is 9.84 Å². The number of hydrogen-bond acceptors (Lipinski definition) is 5. The van der Waals surface area contributed by atoms with Crippen molar-refractivity contribution in [2.45, 2.75) is 43.5 Å². The summed E-state index contributed by atoms with van der Waals surface area (Å²) in [6.07, 6.45) is 2.84. The molecule has 1 atom stereocenters. The Kier molecular flexibility index (Phi) is 5.01. The summed E-state index contributed by atoms with van der Waals surface area (Å²) in [7, 11) is -3.43. The van der Waals surface area contributed by atoms with Gasteiger partial charge in [0.25, 0.3) is 0 Å². The Morgan fingerprint density at radius 3 is 2.83 bits per heavy atom. The van der Waals surface area contributed by atoms with Gasteiger partial charge < -0.3 is 5.32 Å². The quantitative estimate of drug-likeness (QED) is 0.885. The molecule has 1 heterocycles. The molecule has 1 aliphatic rings. The molecule has 24 heavy (non-hydrogen) atoms. The van der Waals surface area contributed by atoms with Gasteiger partial charge >= 0.3 is 0 Å². The van der Waals surface area contributed by atoms with E-state index in [4.69, 9.17) is 0 Å². The third kappa shape index (κ3) is 3.84. The predicted octanol–water partition coefficient (Wildman–Crippen LogP) is 2.81. The highest BCUT2D eigenvalue weighted by molar-refractivity contribution is 7.91. The van der Waals surface area contributed by atoms with Crippen molar-refractivity contribution in [3.05, 3.63) is 45.9 Å². The van der Waals surface area contributed by atoms with Crippen LogP contribution in [0.1, 0.15) is 40.9 Å². The van der Waals surface area contributed by atoms with Crippen LogP contribution in [0.2, 0.25) is 0 Å². The minimum atomic E-state index is -3.43. The second kappa shape index (κ2) is 7.03. The Balaban J connectivity index is 1.61. The highest BCUT2D eigenvalue weighted by atomic mass is 32.2. The number of carbonyl (C=O) groups is 1. The van der Waals surface area contributed by atoms with Gasteiger partial charge in [0.05, 0.1) is 27.4 Å². The van der Waals surface area contributed by atoms with Crippen LogP contribution in [0.15, 0.2) is 35.2 Å². The van der Waals surface area contributed by atoms with E-state index in [1.165, 1.54) is 4.88 Å². The van der Waals surface area contributed by atoms with Crippen molar-refractivity contribution >= 4 is 27.1 Å². The molecule has 1 amide bonds. The number of nitrogens with one attached hydrogen (secondary N) is 1. The Morgan fingerprint density at radius 2 is 2.08 bits per heavy atom. The lowest BCUT2D eigenvalue weighted by molar-refractivity contribution is -0.121. The first kappa shape index (κ1) is 17.1. The monoisotopic (exact) mass is 364 g/mol.